The van der Waals surface area contributed by atoms with Crippen LogP contribution in [0.4, 0.5) is 0 Å². The first-order valence-corrected chi connectivity index (χ1v) is 7.38. The zero-order valence-electron chi connectivity index (χ0n) is 12.1. The van der Waals surface area contributed by atoms with Gasteiger partial charge in [0.15, 0.2) is 0 Å². The molecule has 0 aromatic carbocycles. The van der Waals surface area contributed by atoms with E-state index in [2.05, 4.69) is 17.3 Å². The van der Waals surface area contributed by atoms with Gasteiger partial charge in [-0.1, -0.05) is 13.3 Å². The van der Waals surface area contributed by atoms with Gasteiger partial charge in [0.05, 0.1) is 6.20 Å². The molecule has 1 aromatic heterocycles. The van der Waals surface area contributed by atoms with Crippen molar-refractivity contribution in [3.63, 3.8) is 0 Å². The third kappa shape index (κ3) is 3.44. The lowest BCUT2D eigenvalue weighted by molar-refractivity contribution is -0.130. The van der Waals surface area contributed by atoms with Gasteiger partial charge in [0.2, 0.25) is 0 Å². The maximum atomic E-state index is 12.6. The molecule has 2 rings (SSSR count). The van der Waals surface area contributed by atoms with E-state index in [1.807, 2.05) is 19.4 Å². The highest BCUT2D eigenvalue weighted by molar-refractivity contribution is 5.85. The average molecular weight is 263 g/mol. The second-order valence-electron chi connectivity index (χ2n) is 5.73. The number of Topliss-reactive ketones (excluding diaryl/α,β-unsaturated/α-hetero) is 1. The average Bonchev–Trinajstić information content (AvgIpc) is 2.83. The molecule has 0 radical (unpaired) electrons. The molecule has 4 nitrogen and oxygen atoms in total. The van der Waals surface area contributed by atoms with Crippen molar-refractivity contribution < 1.29 is 4.79 Å². The minimum atomic E-state index is -0.0534. The molecule has 1 fully saturated rings. The molecule has 1 N–H and O–H groups in total. The summed E-state index contributed by atoms with van der Waals surface area (Å²) < 4.78 is 1.80. The molecule has 0 atom stereocenters. The summed E-state index contributed by atoms with van der Waals surface area (Å²) in [5.41, 5.74) is 1.11. The Bertz CT molecular complexity index is 413. The first-order valence-electron chi connectivity index (χ1n) is 7.38. The van der Waals surface area contributed by atoms with Crippen LogP contribution in [-0.4, -0.2) is 28.7 Å². The molecular formula is C15H25N3O. The predicted octanol–water partition coefficient (Wildman–Crippen LogP) is 2.09. The Morgan fingerprint density at radius 3 is 2.79 bits per heavy atom. The summed E-state index contributed by atoms with van der Waals surface area (Å²) in [6.07, 6.45) is 9.50. The van der Waals surface area contributed by atoms with Crippen LogP contribution in [0.2, 0.25) is 0 Å². The highest BCUT2D eigenvalue weighted by Crippen LogP contribution is 2.36. The van der Waals surface area contributed by atoms with Crippen molar-refractivity contribution in [2.45, 2.75) is 45.4 Å². The van der Waals surface area contributed by atoms with E-state index < -0.39 is 0 Å². The summed E-state index contributed by atoms with van der Waals surface area (Å²) in [5, 5.41) is 7.52. The fourth-order valence-electron chi connectivity index (χ4n) is 3.18. The van der Waals surface area contributed by atoms with E-state index in [1.54, 1.807) is 4.68 Å². The molecule has 1 saturated heterocycles. The van der Waals surface area contributed by atoms with Crippen molar-refractivity contribution in [3.8, 4) is 0 Å². The molecule has 4 heteroatoms. The third-order valence-corrected chi connectivity index (χ3v) is 4.28. The summed E-state index contributed by atoms with van der Waals surface area (Å²) in [4.78, 5) is 12.6. The van der Waals surface area contributed by atoms with Crippen LogP contribution >= 0.6 is 0 Å². The molecule has 2 heterocycles. The SMILES string of the molecule is CCCC1(C(=O)CCc2cnn(C)c2)CCNCC1. The Balaban J connectivity index is 1.95. The largest absolute Gasteiger partial charge is 0.317 e. The van der Waals surface area contributed by atoms with Crippen LogP contribution in [0.25, 0.3) is 0 Å². The second-order valence-corrected chi connectivity index (χ2v) is 5.73. The highest BCUT2D eigenvalue weighted by Gasteiger charge is 2.37. The topological polar surface area (TPSA) is 46.9 Å². The van der Waals surface area contributed by atoms with Gasteiger partial charge in [0.1, 0.15) is 5.78 Å². The maximum Gasteiger partial charge on any atom is 0.139 e. The Morgan fingerprint density at radius 1 is 1.47 bits per heavy atom. The lowest BCUT2D eigenvalue weighted by Crippen LogP contribution is -2.42. The zero-order valence-corrected chi connectivity index (χ0v) is 12.1. The lowest BCUT2D eigenvalue weighted by atomic mass is 9.71. The standard InChI is InChI=1S/C15H25N3O/c1-3-6-15(7-9-16-10-8-15)14(19)5-4-13-11-17-18(2)12-13/h11-12,16H,3-10H2,1-2H3. The molecule has 0 spiro atoms. The number of rotatable bonds is 6. The minimum Gasteiger partial charge on any atom is -0.317 e. The summed E-state index contributed by atoms with van der Waals surface area (Å²) in [7, 11) is 1.91. The summed E-state index contributed by atoms with van der Waals surface area (Å²) in [6.45, 7) is 4.15. The van der Waals surface area contributed by atoms with E-state index in [0.29, 0.717) is 12.2 Å². The van der Waals surface area contributed by atoms with Crippen molar-refractivity contribution in [1.82, 2.24) is 15.1 Å². The molecular weight excluding hydrogens is 238 g/mol. The van der Waals surface area contributed by atoms with Crippen molar-refractivity contribution >= 4 is 5.78 Å². The van der Waals surface area contributed by atoms with Gasteiger partial charge in [0.25, 0.3) is 0 Å². The van der Waals surface area contributed by atoms with Crippen LogP contribution in [0.5, 0.6) is 0 Å². The molecule has 0 aliphatic carbocycles. The lowest BCUT2D eigenvalue weighted by Gasteiger charge is -2.36. The van der Waals surface area contributed by atoms with E-state index in [1.165, 1.54) is 0 Å². The first-order chi connectivity index (χ1) is 9.16. The second kappa shape index (κ2) is 6.33. The summed E-state index contributed by atoms with van der Waals surface area (Å²) in [5.74, 6) is 0.458. The van der Waals surface area contributed by atoms with E-state index in [9.17, 15) is 4.79 Å². The van der Waals surface area contributed by atoms with Crippen molar-refractivity contribution in [3.05, 3.63) is 18.0 Å². The molecule has 1 aliphatic rings. The number of piperidine rings is 1. The molecule has 1 aromatic rings. The van der Waals surface area contributed by atoms with E-state index in [-0.39, 0.29) is 5.41 Å². The van der Waals surface area contributed by atoms with Gasteiger partial charge < -0.3 is 5.32 Å². The van der Waals surface area contributed by atoms with Crippen LogP contribution in [0.3, 0.4) is 0 Å². The predicted molar refractivity (Wildman–Crippen MR) is 76.0 cm³/mol. The highest BCUT2D eigenvalue weighted by atomic mass is 16.1. The number of hydrogen-bond donors (Lipinski definition) is 1. The smallest absolute Gasteiger partial charge is 0.139 e. The number of ketones is 1. The molecule has 19 heavy (non-hydrogen) atoms. The quantitative estimate of drug-likeness (QED) is 0.855. The first kappa shape index (κ1) is 14.3. The fraction of sp³-hybridized carbons (Fsp3) is 0.733. The normalized spacial score (nSPS) is 18.4. The van der Waals surface area contributed by atoms with Gasteiger partial charge in [-0.2, -0.15) is 5.10 Å². The number of aryl methyl sites for hydroxylation is 2. The van der Waals surface area contributed by atoms with Gasteiger partial charge in [-0.15, -0.1) is 0 Å². The fourth-order valence-corrected chi connectivity index (χ4v) is 3.18. The number of hydrogen-bond acceptors (Lipinski definition) is 3. The zero-order chi connectivity index (χ0) is 13.7. The Kier molecular flexibility index (Phi) is 4.75. The number of carbonyl (C=O) groups excluding carboxylic acids is 1. The van der Waals surface area contributed by atoms with Crippen molar-refractivity contribution in [1.29, 1.82) is 0 Å². The monoisotopic (exact) mass is 263 g/mol. The van der Waals surface area contributed by atoms with Crippen LogP contribution in [-0.2, 0) is 18.3 Å². The van der Waals surface area contributed by atoms with E-state index in [0.717, 1.165) is 50.8 Å². The van der Waals surface area contributed by atoms with E-state index >= 15 is 0 Å². The van der Waals surface area contributed by atoms with Gasteiger partial charge in [-0.3, -0.25) is 9.48 Å². The minimum absolute atomic E-state index is 0.0534. The number of nitrogens with one attached hydrogen (secondary N) is 1. The van der Waals surface area contributed by atoms with Crippen LogP contribution in [0.15, 0.2) is 12.4 Å². The molecule has 0 unspecified atom stereocenters. The Labute approximate surface area is 115 Å². The van der Waals surface area contributed by atoms with Crippen molar-refractivity contribution in [2.75, 3.05) is 13.1 Å². The van der Waals surface area contributed by atoms with Gasteiger partial charge in [0, 0.05) is 25.1 Å². The Hall–Kier alpha value is -1.16. The maximum absolute atomic E-state index is 12.6. The van der Waals surface area contributed by atoms with Gasteiger partial charge >= 0.3 is 0 Å². The number of nitrogens with zero attached hydrogens (tertiary/aromatic N) is 2. The number of carbonyl (C=O) groups is 1. The van der Waals surface area contributed by atoms with Crippen molar-refractivity contribution in [2.24, 2.45) is 12.5 Å². The number of aromatic nitrogens is 2. The van der Waals surface area contributed by atoms with Gasteiger partial charge in [-0.05, 0) is 44.3 Å². The molecule has 106 valence electrons. The van der Waals surface area contributed by atoms with Gasteiger partial charge in [-0.25, -0.2) is 0 Å². The molecule has 0 saturated carbocycles. The summed E-state index contributed by atoms with van der Waals surface area (Å²) >= 11 is 0. The van der Waals surface area contributed by atoms with Crippen LogP contribution < -0.4 is 5.32 Å². The third-order valence-electron chi connectivity index (χ3n) is 4.28. The Morgan fingerprint density at radius 2 is 2.21 bits per heavy atom. The molecule has 0 bridgehead atoms. The van der Waals surface area contributed by atoms with Crippen LogP contribution in [0, 0.1) is 5.41 Å². The van der Waals surface area contributed by atoms with E-state index in [4.69, 9.17) is 0 Å². The van der Waals surface area contributed by atoms with Crippen LogP contribution in [0.1, 0.15) is 44.6 Å². The molecule has 0 amide bonds. The molecule has 1 aliphatic heterocycles. The summed E-state index contributed by atoms with van der Waals surface area (Å²) in [6, 6.07) is 0.